The second kappa shape index (κ2) is 8.45. The van der Waals surface area contributed by atoms with Crippen molar-refractivity contribution in [3.63, 3.8) is 0 Å². The molecule has 4 aromatic rings. The maximum Gasteiger partial charge on any atom is 0.267 e. The monoisotopic (exact) mass is 435 g/mol. The normalized spacial score (nSPS) is 12.1. The molecule has 0 aliphatic heterocycles. The van der Waals surface area contributed by atoms with Crippen molar-refractivity contribution >= 4 is 39.2 Å². The highest BCUT2D eigenvalue weighted by atomic mass is 32.2. The number of thiophene rings is 1. The first kappa shape index (κ1) is 20.4. The molecular formula is C23H21N3O2S2. The fourth-order valence-corrected chi connectivity index (χ4v) is 5.31. The molecule has 0 aliphatic rings. The number of carbonyl (C=O) groups is 1. The molecule has 152 valence electrons. The van der Waals surface area contributed by atoms with Gasteiger partial charge in [-0.2, -0.15) is 0 Å². The Bertz CT molecular complexity index is 1250. The Labute approximate surface area is 183 Å². The number of rotatable bonds is 5. The molecule has 0 fully saturated rings. The fraction of sp³-hybridized carbons (Fsp3) is 0.174. The zero-order valence-electron chi connectivity index (χ0n) is 16.9. The van der Waals surface area contributed by atoms with Gasteiger partial charge in [-0.05, 0) is 30.7 Å². The van der Waals surface area contributed by atoms with Crippen LogP contribution in [0.25, 0.3) is 26.3 Å². The molecule has 0 spiro atoms. The van der Waals surface area contributed by atoms with Gasteiger partial charge in [-0.1, -0.05) is 60.3 Å². The Kier molecular flexibility index (Phi) is 5.74. The average Bonchev–Trinajstić information content (AvgIpc) is 3.19. The van der Waals surface area contributed by atoms with E-state index in [1.54, 1.807) is 23.6 Å². The second-order valence-electron chi connectivity index (χ2n) is 7.06. The van der Waals surface area contributed by atoms with E-state index in [4.69, 9.17) is 4.98 Å². The predicted molar refractivity (Wildman–Crippen MR) is 125 cm³/mol. The second-order valence-corrected chi connectivity index (χ2v) is 9.40. The van der Waals surface area contributed by atoms with Crippen molar-refractivity contribution in [2.24, 2.45) is 0 Å². The minimum absolute atomic E-state index is 0.0230. The smallest absolute Gasteiger partial charge is 0.267 e. The van der Waals surface area contributed by atoms with Crippen LogP contribution in [0.15, 0.2) is 76.7 Å². The summed E-state index contributed by atoms with van der Waals surface area (Å²) in [6, 6.07) is 21.3. The third-order valence-corrected chi connectivity index (χ3v) is 6.80. The molecule has 2 heterocycles. The fourth-order valence-electron chi connectivity index (χ4n) is 3.16. The van der Waals surface area contributed by atoms with Crippen LogP contribution in [0, 0.1) is 0 Å². The van der Waals surface area contributed by atoms with Gasteiger partial charge in [0.15, 0.2) is 5.16 Å². The van der Waals surface area contributed by atoms with Gasteiger partial charge in [-0.25, -0.2) is 4.98 Å². The number of hydrogen-bond acceptors (Lipinski definition) is 5. The largest absolute Gasteiger partial charge is 0.348 e. The molecule has 0 radical (unpaired) electrons. The molecule has 0 aliphatic carbocycles. The number of nitrogens with zero attached hydrogens (tertiary/aromatic N) is 3. The van der Waals surface area contributed by atoms with Crippen molar-refractivity contribution in [3.8, 4) is 16.1 Å². The van der Waals surface area contributed by atoms with E-state index in [9.17, 15) is 9.59 Å². The lowest BCUT2D eigenvalue weighted by molar-refractivity contribution is -0.127. The lowest BCUT2D eigenvalue weighted by Crippen LogP contribution is -2.30. The summed E-state index contributed by atoms with van der Waals surface area (Å²) in [5.41, 5.74) is 1.66. The summed E-state index contributed by atoms with van der Waals surface area (Å²) < 4.78 is 1.61. The minimum Gasteiger partial charge on any atom is -0.348 e. The van der Waals surface area contributed by atoms with E-state index in [2.05, 4.69) is 0 Å². The number of hydrogen-bond donors (Lipinski definition) is 0. The molecule has 0 N–H and O–H groups in total. The number of aromatic nitrogens is 2. The molecule has 7 heteroatoms. The first-order valence-corrected chi connectivity index (χ1v) is 11.2. The van der Waals surface area contributed by atoms with Crippen LogP contribution in [0.5, 0.6) is 0 Å². The first-order chi connectivity index (χ1) is 14.5. The standard InChI is InChI=1S/C23H21N3O2S2/c1-15(21(27)25(2)3)29-23-24-20-18(14-19(30-20)16-10-6-4-7-11-16)22(28)26(23)17-12-8-5-9-13-17/h4-15H,1-3H3. The Balaban J connectivity index is 1.90. The predicted octanol–water partition coefficient (Wildman–Crippen LogP) is 4.68. The molecule has 30 heavy (non-hydrogen) atoms. The lowest BCUT2D eigenvalue weighted by Gasteiger charge is -2.18. The van der Waals surface area contributed by atoms with E-state index in [1.807, 2.05) is 73.7 Å². The Morgan fingerprint density at radius 2 is 1.70 bits per heavy atom. The molecule has 1 unspecified atom stereocenters. The number of carbonyl (C=O) groups excluding carboxylic acids is 1. The Morgan fingerprint density at radius 1 is 1.07 bits per heavy atom. The van der Waals surface area contributed by atoms with Crippen LogP contribution >= 0.6 is 23.1 Å². The molecular weight excluding hydrogens is 414 g/mol. The highest BCUT2D eigenvalue weighted by Crippen LogP contribution is 2.33. The van der Waals surface area contributed by atoms with Gasteiger partial charge >= 0.3 is 0 Å². The number of para-hydroxylation sites is 1. The van der Waals surface area contributed by atoms with Gasteiger partial charge in [0.2, 0.25) is 5.91 Å². The van der Waals surface area contributed by atoms with Crippen molar-refractivity contribution < 1.29 is 4.79 Å². The maximum atomic E-state index is 13.5. The summed E-state index contributed by atoms with van der Waals surface area (Å²) in [6.07, 6.45) is 0. The van der Waals surface area contributed by atoms with Crippen molar-refractivity contribution in [1.29, 1.82) is 0 Å². The SMILES string of the molecule is CC(Sc1nc2sc(-c3ccccc3)cc2c(=O)n1-c1ccccc1)C(=O)N(C)C. The van der Waals surface area contributed by atoms with Crippen molar-refractivity contribution in [2.45, 2.75) is 17.3 Å². The van der Waals surface area contributed by atoms with Crippen LogP contribution in [-0.2, 0) is 4.79 Å². The molecule has 1 amide bonds. The average molecular weight is 436 g/mol. The molecule has 5 nitrogen and oxygen atoms in total. The molecule has 2 aromatic heterocycles. The van der Waals surface area contributed by atoms with Gasteiger partial charge in [-0.3, -0.25) is 14.2 Å². The highest BCUT2D eigenvalue weighted by Gasteiger charge is 2.22. The molecule has 4 rings (SSSR count). The topological polar surface area (TPSA) is 55.2 Å². The summed E-state index contributed by atoms with van der Waals surface area (Å²) in [5, 5.41) is 0.731. The molecule has 1 atom stereocenters. The zero-order chi connectivity index (χ0) is 21.3. The van der Waals surface area contributed by atoms with E-state index in [0.29, 0.717) is 15.4 Å². The molecule has 0 bridgehead atoms. The van der Waals surface area contributed by atoms with Crippen LogP contribution in [-0.4, -0.2) is 39.7 Å². The van der Waals surface area contributed by atoms with E-state index in [0.717, 1.165) is 16.1 Å². The molecule has 2 aromatic carbocycles. The third kappa shape index (κ3) is 3.91. The van der Waals surface area contributed by atoms with Gasteiger partial charge in [-0.15, -0.1) is 11.3 Å². The van der Waals surface area contributed by atoms with Gasteiger partial charge in [0.1, 0.15) is 4.83 Å². The first-order valence-electron chi connectivity index (χ1n) is 9.51. The van der Waals surface area contributed by atoms with Crippen molar-refractivity contribution in [1.82, 2.24) is 14.5 Å². The maximum absolute atomic E-state index is 13.5. The Morgan fingerprint density at radius 3 is 2.33 bits per heavy atom. The highest BCUT2D eigenvalue weighted by molar-refractivity contribution is 8.00. The summed E-state index contributed by atoms with van der Waals surface area (Å²) >= 11 is 2.79. The van der Waals surface area contributed by atoms with Gasteiger partial charge in [0, 0.05) is 19.0 Å². The number of benzene rings is 2. The lowest BCUT2D eigenvalue weighted by atomic mass is 10.2. The van der Waals surface area contributed by atoms with Gasteiger partial charge < -0.3 is 4.90 Å². The van der Waals surface area contributed by atoms with Crippen LogP contribution in [0.2, 0.25) is 0 Å². The summed E-state index contributed by atoms with van der Waals surface area (Å²) in [6.45, 7) is 1.84. The summed E-state index contributed by atoms with van der Waals surface area (Å²) in [5.74, 6) is -0.0230. The van der Waals surface area contributed by atoms with Crippen LogP contribution < -0.4 is 5.56 Å². The quantitative estimate of drug-likeness (QED) is 0.337. The van der Waals surface area contributed by atoms with E-state index >= 15 is 0 Å². The third-order valence-electron chi connectivity index (χ3n) is 4.68. The van der Waals surface area contributed by atoms with Crippen LogP contribution in [0.4, 0.5) is 0 Å². The van der Waals surface area contributed by atoms with Gasteiger partial charge in [0.25, 0.3) is 5.56 Å². The zero-order valence-corrected chi connectivity index (χ0v) is 18.5. The van der Waals surface area contributed by atoms with Gasteiger partial charge in [0.05, 0.1) is 16.3 Å². The van der Waals surface area contributed by atoms with Crippen LogP contribution in [0.1, 0.15) is 6.92 Å². The van der Waals surface area contributed by atoms with E-state index in [-0.39, 0.29) is 16.7 Å². The number of fused-ring (bicyclic) bond motifs is 1. The van der Waals surface area contributed by atoms with Crippen molar-refractivity contribution in [3.05, 3.63) is 77.1 Å². The molecule has 0 saturated carbocycles. The Hall–Kier alpha value is -2.90. The van der Waals surface area contributed by atoms with Crippen molar-refractivity contribution in [2.75, 3.05) is 14.1 Å². The molecule has 0 saturated heterocycles. The minimum atomic E-state index is -0.368. The number of thioether (sulfide) groups is 1. The summed E-state index contributed by atoms with van der Waals surface area (Å²) in [7, 11) is 3.46. The van der Waals surface area contributed by atoms with E-state index < -0.39 is 0 Å². The van der Waals surface area contributed by atoms with E-state index in [1.165, 1.54) is 23.1 Å². The summed E-state index contributed by atoms with van der Waals surface area (Å²) in [4.78, 5) is 34.0. The number of amides is 1. The van der Waals surface area contributed by atoms with Crippen LogP contribution in [0.3, 0.4) is 0 Å².